The van der Waals surface area contributed by atoms with Gasteiger partial charge in [-0.2, -0.15) is 0 Å². The molecule has 1 aromatic carbocycles. The topological polar surface area (TPSA) is 52.0 Å². The zero-order valence-electron chi connectivity index (χ0n) is 8.91. The molecule has 3 heterocycles. The van der Waals surface area contributed by atoms with Crippen LogP contribution in [0.4, 0.5) is 0 Å². The van der Waals surface area contributed by atoms with Crippen LogP contribution in [0.3, 0.4) is 0 Å². The van der Waals surface area contributed by atoms with E-state index >= 15 is 0 Å². The molecule has 0 aliphatic carbocycles. The number of hydrogen-bond acceptors (Lipinski definition) is 4. The number of aromatic nitrogens is 2. The third kappa shape index (κ3) is 1.31. The number of rotatable bonds is 0. The molecule has 4 rings (SSSR count). The Hall–Kier alpha value is -1.01. The Morgan fingerprint density at radius 1 is 1.29 bits per heavy atom. The van der Waals surface area contributed by atoms with Gasteiger partial charge in [0.05, 0.1) is 28.6 Å². The molecular weight excluding hydrogens is 256 g/mol. The molecular formula is C11H10N2O2S2. The Bertz CT molecular complexity index is 720. The Morgan fingerprint density at radius 2 is 2.12 bits per heavy atom. The average Bonchev–Trinajstić information content (AvgIpc) is 2.83. The second-order valence-electron chi connectivity index (χ2n) is 4.55. The van der Waals surface area contributed by atoms with Crippen molar-refractivity contribution in [1.82, 2.24) is 9.55 Å². The van der Waals surface area contributed by atoms with Gasteiger partial charge in [-0.15, -0.1) is 0 Å². The molecule has 2 aromatic rings. The molecule has 0 amide bonds. The third-order valence-corrected chi connectivity index (χ3v) is 6.63. The van der Waals surface area contributed by atoms with Crippen molar-refractivity contribution in [3.63, 3.8) is 0 Å². The Labute approximate surface area is 103 Å². The van der Waals surface area contributed by atoms with Crippen molar-refractivity contribution in [2.24, 2.45) is 0 Å². The standard InChI is InChI=1S/C11H10N2O2S2/c14-17(15)5-9-10(6-17)16-11-12-7-3-1-2-4-8(7)13(9)11/h1-4,9-10H,5-6H2/t9-,10-/m0/s1. The molecule has 0 saturated carbocycles. The van der Waals surface area contributed by atoms with Gasteiger partial charge in [0.15, 0.2) is 15.0 Å². The van der Waals surface area contributed by atoms with Crippen molar-refractivity contribution in [2.45, 2.75) is 16.4 Å². The molecule has 0 N–H and O–H groups in total. The highest BCUT2D eigenvalue weighted by Gasteiger charge is 2.45. The maximum Gasteiger partial charge on any atom is 0.169 e. The van der Waals surface area contributed by atoms with Gasteiger partial charge in [0, 0.05) is 5.25 Å². The first kappa shape index (κ1) is 9.96. The molecule has 6 heteroatoms. The molecule has 0 radical (unpaired) electrons. The van der Waals surface area contributed by atoms with Gasteiger partial charge in [-0.1, -0.05) is 23.9 Å². The maximum absolute atomic E-state index is 11.7. The molecule has 17 heavy (non-hydrogen) atoms. The van der Waals surface area contributed by atoms with E-state index in [1.54, 1.807) is 11.8 Å². The summed E-state index contributed by atoms with van der Waals surface area (Å²) in [6, 6.07) is 7.99. The Kier molecular flexibility index (Phi) is 1.79. The lowest BCUT2D eigenvalue weighted by molar-refractivity contribution is 0.564. The van der Waals surface area contributed by atoms with Crippen molar-refractivity contribution in [2.75, 3.05) is 11.5 Å². The van der Waals surface area contributed by atoms with Crippen LogP contribution in [0.2, 0.25) is 0 Å². The van der Waals surface area contributed by atoms with Crippen LogP contribution in [-0.2, 0) is 9.84 Å². The van der Waals surface area contributed by atoms with E-state index in [0.717, 1.165) is 16.2 Å². The predicted molar refractivity (Wildman–Crippen MR) is 67.1 cm³/mol. The molecule has 2 aliphatic heterocycles. The van der Waals surface area contributed by atoms with Crippen molar-refractivity contribution in [3.05, 3.63) is 24.3 Å². The fourth-order valence-electron chi connectivity index (χ4n) is 2.71. The molecule has 1 fully saturated rings. The van der Waals surface area contributed by atoms with E-state index in [4.69, 9.17) is 0 Å². The molecule has 0 unspecified atom stereocenters. The highest BCUT2D eigenvalue weighted by atomic mass is 32.2. The fraction of sp³-hybridized carbons (Fsp3) is 0.364. The highest BCUT2D eigenvalue weighted by molar-refractivity contribution is 8.02. The SMILES string of the molecule is O=S1(=O)C[C@@H]2Sc3nc4ccccc4n3[C@H]2C1. The molecule has 0 bridgehead atoms. The summed E-state index contributed by atoms with van der Waals surface area (Å²) < 4.78 is 25.4. The summed E-state index contributed by atoms with van der Waals surface area (Å²) in [6.07, 6.45) is 0. The Morgan fingerprint density at radius 3 is 3.00 bits per heavy atom. The van der Waals surface area contributed by atoms with Crippen LogP contribution in [0.5, 0.6) is 0 Å². The monoisotopic (exact) mass is 266 g/mol. The first-order chi connectivity index (χ1) is 8.14. The van der Waals surface area contributed by atoms with Gasteiger partial charge in [-0.3, -0.25) is 0 Å². The second-order valence-corrected chi connectivity index (χ2v) is 7.91. The number of nitrogens with zero attached hydrogens (tertiary/aromatic N) is 2. The van der Waals surface area contributed by atoms with Crippen LogP contribution in [0.1, 0.15) is 6.04 Å². The Balaban J connectivity index is 1.96. The molecule has 1 aromatic heterocycles. The van der Waals surface area contributed by atoms with Crippen LogP contribution < -0.4 is 0 Å². The lowest BCUT2D eigenvalue weighted by Crippen LogP contribution is -2.12. The van der Waals surface area contributed by atoms with Crippen LogP contribution in [0.25, 0.3) is 11.0 Å². The smallest absolute Gasteiger partial charge is 0.169 e. The zero-order valence-corrected chi connectivity index (χ0v) is 10.5. The van der Waals surface area contributed by atoms with Gasteiger partial charge in [0.25, 0.3) is 0 Å². The number of fused-ring (bicyclic) bond motifs is 5. The molecule has 2 aliphatic rings. The minimum atomic E-state index is -2.86. The fourth-order valence-corrected chi connectivity index (χ4v) is 6.63. The van der Waals surface area contributed by atoms with Gasteiger partial charge in [0.1, 0.15) is 0 Å². The van der Waals surface area contributed by atoms with Gasteiger partial charge in [-0.05, 0) is 12.1 Å². The molecule has 88 valence electrons. The first-order valence-corrected chi connectivity index (χ1v) is 8.18. The van der Waals surface area contributed by atoms with Crippen molar-refractivity contribution in [3.8, 4) is 0 Å². The highest BCUT2D eigenvalue weighted by Crippen LogP contribution is 2.46. The second kappa shape index (κ2) is 3.05. The van der Waals surface area contributed by atoms with E-state index in [2.05, 4.69) is 9.55 Å². The van der Waals surface area contributed by atoms with E-state index in [9.17, 15) is 8.42 Å². The van der Waals surface area contributed by atoms with Crippen molar-refractivity contribution in [1.29, 1.82) is 0 Å². The van der Waals surface area contributed by atoms with Gasteiger partial charge in [0.2, 0.25) is 0 Å². The van der Waals surface area contributed by atoms with Crippen molar-refractivity contribution >= 4 is 32.6 Å². The minimum Gasteiger partial charge on any atom is -0.314 e. The number of para-hydroxylation sites is 2. The zero-order chi connectivity index (χ0) is 11.6. The van der Waals surface area contributed by atoms with E-state index in [-0.39, 0.29) is 17.0 Å². The van der Waals surface area contributed by atoms with Gasteiger partial charge >= 0.3 is 0 Å². The summed E-state index contributed by atoms with van der Waals surface area (Å²) in [7, 11) is -2.86. The number of hydrogen-bond donors (Lipinski definition) is 0. The van der Waals surface area contributed by atoms with Gasteiger partial charge in [-0.25, -0.2) is 13.4 Å². The van der Waals surface area contributed by atoms with Gasteiger partial charge < -0.3 is 4.57 Å². The molecule has 1 saturated heterocycles. The summed E-state index contributed by atoms with van der Waals surface area (Å²) in [5.41, 5.74) is 2.01. The maximum atomic E-state index is 11.7. The van der Waals surface area contributed by atoms with E-state index in [0.29, 0.717) is 5.75 Å². The van der Waals surface area contributed by atoms with E-state index < -0.39 is 9.84 Å². The normalized spacial score (nSPS) is 29.4. The predicted octanol–water partition coefficient (Wildman–Crippen LogP) is 1.48. The summed E-state index contributed by atoms with van der Waals surface area (Å²) in [6.45, 7) is 0. The lowest BCUT2D eigenvalue weighted by atomic mass is 10.2. The minimum absolute atomic E-state index is 0.0763. The van der Waals surface area contributed by atoms with Crippen LogP contribution in [0.15, 0.2) is 29.4 Å². The molecule has 0 spiro atoms. The third-order valence-electron chi connectivity index (χ3n) is 3.42. The number of imidazole rings is 1. The number of sulfone groups is 1. The summed E-state index contributed by atoms with van der Waals surface area (Å²) in [4.78, 5) is 4.55. The summed E-state index contributed by atoms with van der Waals surface area (Å²) in [5.74, 6) is 0.554. The van der Waals surface area contributed by atoms with Crippen LogP contribution in [0, 0.1) is 0 Å². The summed E-state index contributed by atoms with van der Waals surface area (Å²) in [5, 5.41) is 1.13. The van der Waals surface area contributed by atoms with E-state index in [1.807, 2.05) is 24.3 Å². The quantitative estimate of drug-likeness (QED) is 0.725. The largest absolute Gasteiger partial charge is 0.314 e. The average molecular weight is 266 g/mol. The van der Waals surface area contributed by atoms with Crippen LogP contribution >= 0.6 is 11.8 Å². The van der Waals surface area contributed by atoms with Crippen LogP contribution in [-0.4, -0.2) is 34.7 Å². The van der Waals surface area contributed by atoms with Crippen molar-refractivity contribution < 1.29 is 8.42 Å². The number of thioether (sulfide) groups is 1. The summed E-state index contributed by atoms with van der Waals surface area (Å²) >= 11 is 1.61. The lowest BCUT2D eigenvalue weighted by Gasteiger charge is -2.09. The number of benzene rings is 1. The van der Waals surface area contributed by atoms with E-state index in [1.165, 1.54) is 0 Å². The first-order valence-electron chi connectivity index (χ1n) is 5.48. The molecule has 2 atom stereocenters. The molecule has 4 nitrogen and oxygen atoms in total.